The summed E-state index contributed by atoms with van der Waals surface area (Å²) in [5.74, 6) is 0.340. The summed E-state index contributed by atoms with van der Waals surface area (Å²) in [6, 6.07) is 7.52. The molecule has 1 aliphatic rings. The van der Waals surface area contributed by atoms with Crippen LogP contribution >= 0.6 is 0 Å². The molecule has 1 heterocycles. The van der Waals surface area contributed by atoms with Gasteiger partial charge in [-0.2, -0.15) is 0 Å². The van der Waals surface area contributed by atoms with E-state index in [1.807, 2.05) is 31.2 Å². The molecule has 2 rings (SSSR count). The molecule has 5 nitrogen and oxygen atoms in total. The molecule has 1 aromatic carbocycles. The van der Waals surface area contributed by atoms with Gasteiger partial charge in [-0.05, 0) is 49.5 Å². The normalized spacial score (nSPS) is 18.6. The van der Waals surface area contributed by atoms with Crippen LogP contribution in [0.4, 0.5) is 0 Å². The van der Waals surface area contributed by atoms with E-state index in [-0.39, 0.29) is 24.3 Å². The highest BCUT2D eigenvalue weighted by Crippen LogP contribution is 2.23. The first-order chi connectivity index (χ1) is 11.0. The van der Waals surface area contributed by atoms with Gasteiger partial charge in [0, 0.05) is 25.1 Å². The first-order valence-corrected chi connectivity index (χ1v) is 7.93. The molecule has 124 valence electrons. The third kappa shape index (κ3) is 4.58. The van der Waals surface area contributed by atoms with Gasteiger partial charge >= 0.3 is 0 Å². The van der Waals surface area contributed by atoms with Crippen LogP contribution in [0.5, 0.6) is 5.75 Å². The van der Waals surface area contributed by atoms with Gasteiger partial charge in [-0.1, -0.05) is 12.1 Å². The number of likely N-dealkylation sites (tertiary alicyclic amines) is 1. The molecule has 1 fully saturated rings. The Labute approximate surface area is 137 Å². The molecular formula is C18H24N2O3. The number of methoxy groups -OCH3 is 1. The number of hydrogen-bond acceptors (Lipinski definition) is 3. The smallest absolute Gasteiger partial charge is 0.247 e. The first-order valence-electron chi connectivity index (χ1n) is 7.93. The standard InChI is InChI=1S/C18H24N2O3/c1-13(14-6-5-8-16(11-14)23-2)10-18(22)20-9-4-3-7-15(20)12-17(19)21/h5-6,8,10-11,15H,3-4,7,9,12H2,1-2H3,(H2,19,21)/b13-10+/t15-/m0/s1. The van der Waals surface area contributed by atoms with E-state index in [1.54, 1.807) is 18.1 Å². The molecule has 2 N–H and O–H groups in total. The van der Waals surface area contributed by atoms with E-state index in [0.29, 0.717) is 6.54 Å². The Bertz CT molecular complexity index is 610. The second kappa shape index (κ2) is 7.81. The fraction of sp³-hybridized carbons (Fsp3) is 0.444. The zero-order valence-corrected chi connectivity index (χ0v) is 13.7. The van der Waals surface area contributed by atoms with Gasteiger partial charge in [-0.25, -0.2) is 0 Å². The minimum absolute atomic E-state index is 0.0590. The van der Waals surface area contributed by atoms with Crippen LogP contribution in [0.15, 0.2) is 30.3 Å². The Morgan fingerprint density at radius 2 is 2.17 bits per heavy atom. The quantitative estimate of drug-likeness (QED) is 0.848. The minimum Gasteiger partial charge on any atom is -0.497 e. The van der Waals surface area contributed by atoms with Crippen LogP contribution < -0.4 is 10.5 Å². The van der Waals surface area contributed by atoms with E-state index in [0.717, 1.165) is 36.1 Å². The molecule has 0 saturated carbocycles. The van der Waals surface area contributed by atoms with Crippen LogP contribution in [-0.4, -0.2) is 36.4 Å². The molecule has 1 saturated heterocycles. The van der Waals surface area contributed by atoms with E-state index >= 15 is 0 Å². The van der Waals surface area contributed by atoms with Crippen molar-refractivity contribution < 1.29 is 14.3 Å². The minimum atomic E-state index is -0.358. The summed E-state index contributed by atoms with van der Waals surface area (Å²) in [4.78, 5) is 25.6. The Morgan fingerprint density at radius 1 is 1.39 bits per heavy atom. The molecular weight excluding hydrogens is 292 g/mol. The molecule has 23 heavy (non-hydrogen) atoms. The Kier molecular flexibility index (Phi) is 5.79. The number of allylic oxidation sites excluding steroid dienone is 1. The van der Waals surface area contributed by atoms with Gasteiger partial charge in [-0.15, -0.1) is 0 Å². The van der Waals surface area contributed by atoms with Crippen LogP contribution in [0.1, 0.15) is 38.2 Å². The molecule has 0 radical (unpaired) electrons. The van der Waals surface area contributed by atoms with Crippen LogP contribution in [0.2, 0.25) is 0 Å². The molecule has 0 spiro atoms. The molecule has 1 aliphatic heterocycles. The fourth-order valence-electron chi connectivity index (χ4n) is 2.95. The molecule has 0 bridgehead atoms. The predicted octanol–water partition coefficient (Wildman–Crippen LogP) is 2.35. The zero-order valence-electron chi connectivity index (χ0n) is 13.7. The number of rotatable bonds is 5. The molecule has 1 aromatic rings. The summed E-state index contributed by atoms with van der Waals surface area (Å²) < 4.78 is 5.21. The van der Waals surface area contributed by atoms with Crippen LogP contribution in [-0.2, 0) is 9.59 Å². The SMILES string of the molecule is COc1cccc(/C(C)=C/C(=O)N2CCCC[C@H]2CC(N)=O)c1. The van der Waals surface area contributed by atoms with E-state index in [1.165, 1.54) is 0 Å². The first kappa shape index (κ1) is 17.1. The maximum absolute atomic E-state index is 12.6. The Morgan fingerprint density at radius 3 is 2.87 bits per heavy atom. The van der Waals surface area contributed by atoms with E-state index in [2.05, 4.69) is 0 Å². The number of carbonyl (C=O) groups excluding carboxylic acids is 2. The summed E-state index contributed by atoms with van der Waals surface area (Å²) in [5.41, 5.74) is 7.12. The van der Waals surface area contributed by atoms with Crippen molar-refractivity contribution in [2.75, 3.05) is 13.7 Å². The molecule has 0 aliphatic carbocycles. The predicted molar refractivity (Wildman–Crippen MR) is 89.8 cm³/mol. The number of nitrogens with two attached hydrogens (primary N) is 1. The topological polar surface area (TPSA) is 72.6 Å². The second-order valence-electron chi connectivity index (χ2n) is 5.91. The molecule has 5 heteroatoms. The average molecular weight is 316 g/mol. The number of benzene rings is 1. The highest BCUT2D eigenvalue weighted by atomic mass is 16.5. The lowest BCUT2D eigenvalue weighted by Crippen LogP contribution is -2.44. The summed E-state index contributed by atoms with van der Waals surface area (Å²) in [5, 5.41) is 0. The Hall–Kier alpha value is -2.30. The van der Waals surface area contributed by atoms with Crippen molar-refractivity contribution in [1.29, 1.82) is 0 Å². The molecule has 0 unspecified atom stereocenters. The maximum atomic E-state index is 12.6. The van der Waals surface area contributed by atoms with Gasteiger partial charge in [0.25, 0.3) is 0 Å². The van der Waals surface area contributed by atoms with Crippen molar-refractivity contribution in [2.24, 2.45) is 5.73 Å². The Balaban J connectivity index is 2.15. The van der Waals surface area contributed by atoms with Crippen LogP contribution in [0.3, 0.4) is 0 Å². The largest absolute Gasteiger partial charge is 0.497 e. The van der Waals surface area contributed by atoms with Crippen molar-refractivity contribution in [3.8, 4) is 5.75 Å². The third-order valence-corrected chi connectivity index (χ3v) is 4.21. The summed E-state index contributed by atoms with van der Waals surface area (Å²) in [7, 11) is 1.62. The van der Waals surface area contributed by atoms with E-state index < -0.39 is 0 Å². The number of amides is 2. The lowest BCUT2D eigenvalue weighted by Gasteiger charge is -2.34. The van der Waals surface area contributed by atoms with Gasteiger partial charge in [0.15, 0.2) is 0 Å². The highest BCUT2D eigenvalue weighted by Gasteiger charge is 2.26. The van der Waals surface area contributed by atoms with Crippen molar-refractivity contribution in [3.05, 3.63) is 35.9 Å². The number of hydrogen-bond donors (Lipinski definition) is 1. The molecule has 0 aromatic heterocycles. The van der Waals surface area contributed by atoms with Gasteiger partial charge in [0.2, 0.25) is 11.8 Å². The maximum Gasteiger partial charge on any atom is 0.247 e. The molecule has 2 amide bonds. The zero-order chi connectivity index (χ0) is 16.8. The van der Waals surface area contributed by atoms with Gasteiger partial charge in [0.1, 0.15) is 5.75 Å². The monoisotopic (exact) mass is 316 g/mol. The van der Waals surface area contributed by atoms with Crippen molar-refractivity contribution in [2.45, 2.75) is 38.6 Å². The number of nitrogens with zero attached hydrogens (tertiary/aromatic N) is 1. The van der Waals surface area contributed by atoms with E-state index in [9.17, 15) is 9.59 Å². The van der Waals surface area contributed by atoms with Crippen molar-refractivity contribution in [3.63, 3.8) is 0 Å². The van der Waals surface area contributed by atoms with Crippen LogP contribution in [0.25, 0.3) is 5.57 Å². The number of carbonyl (C=O) groups is 2. The van der Waals surface area contributed by atoms with Gasteiger partial charge in [-0.3, -0.25) is 9.59 Å². The van der Waals surface area contributed by atoms with Crippen LogP contribution in [0, 0.1) is 0 Å². The van der Waals surface area contributed by atoms with Crippen molar-refractivity contribution in [1.82, 2.24) is 4.90 Å². The third-order valence-electron chi connectivity index (χ3n) is 4.21. The van der Waals surface area contributed by atoms with Gasteiger partial charge in [0.05, 0.1) is 7.11 Å². The summed E-state index contributed by atoms with van der Waals surface area (Å²) in [6.07, 6.45) is 4.69. The second-order valence-corrected chi connectivity index (χ2v) is 5.91. The lowest BCUT2D eigenvalue weighted by molar-refractivity contribution is -0.130. The number of primary amides is 1. The van der Waals surface area contributed by atoms with Crippen molar-refractivity contribution >= 4 is 17.4 Å². The number of piperidine rings is 1. The van der Waals surface area contributed by atoms with Gasteiger partial charge < -0.3 is 15.4 Å². The average Bonchev–Trinajstić information content (AvgIpc) is 2.54. The highest BCUT2D eigenvalue weighted by molar-refractivity contribution is 5.95. The fourth-order valence-corrected chi connectivity index (χ4v) is 2.95. The lowest BCUT2D eigenvalue weighted by atomic mass is 9.98. The van der Waals surface area contributed by atoms with E-state index in [4.69, 9.17) is 10.5 Å². The molecule has 1 atom stereocenters. The summed E-state index contributed by atoms with van der Waals surface area (Å²) in [6.45, 7) is 2.58. The summed E-state index contributed by atoms with van der Waals surface area (Å²) >= 11 is 0. The number of ether oxygens (including phenoxy) is 1.